The van der Waals surface area contributed by atoms with E-state index < -0.39 is 0 Å². The van der Waals surface area contributed by atoms with Crippen molar-refractivity contribution in [3.05, 3.63) is 23.3 Å². The minimum absolute atomic E-state index is 0.830. The number of fused-ring (bicyclic) bond motifs is 1. The predicted octanol–water partition coefficient (Wildman–Crippen LogP) is 1.39. The van der Waals surface area contributed by atoms with E-state index in [2.05, 4.69) is 21.9 Å². The lowest BCUT2D eigenvalue weighted by Crippen LogP contribution is -2.42. The van der Waals surface area contributed by atoms with Crippen LogP contribution in [-0.2, 0) is 17.7 Å². The monoisotopic (exact) mass is 306 g/mol. The average Bonchev–Trinajstić information content (AvgIpc) is 2.59. The summed E-state index contributed by atoms with van der Waals surface area (Å²) in [6, 6.07) is 4.27. The van der Waals surface area contributed by atoms with Crippen molar-refractivity contribution in [1.29, 1.82) is 0 Å². The Morgan fingerprint density at radius 2 is 1.55 bits per heavy atom. The average molecular weight is 306 g/mol. The van der Waals surface area contributed by atoms with Gasteiger partial charge in [-0.05, 0) is 29.7 Å². The molecule has 22 heavy (non-hydrogen) atoms. The van der Waals surface area contributed by atoms with E-state index in [-0.39, 0.29) is 0 Å². The summed E-state index contributed by atoms with van der Waals surface area (Å²) in [4.78, 5) is 5.03. The van der Waals surface area contributed by atoms with Crippen molar-refractivity contribution in [3.63, 3.8) is 0 Å². The lowest BCUT2D eigenvalue weighted by molar-refractivity contribution is 0.0326. The van der Waals surface area contributed by atoms with Crippen molar-refractivity contribution in [2.45, 2.75) is 13.0 Å². The quantitative estimate of drug-likeness (QED) is 0.821. The van der Waals surface area contributed by atoms with Gasteiger partial charge in [0.2, 0.25) is 0 Å². The van der Waals surface area contributed by atoms with Gasteiger partial charge in [0.05, 0.1) is 27.4 Å². The molecule has 0 unspecified atom stereocenters. The van der Waals surface area contributed by atoms with Crippen LogP contribution >= 0.6 is 0 Å². The zero-order valence-electron chi connectivity index (χ0n) is 13.6. The van der Waals surface area contributed by atoms with E-state index in [0.717, 1.165) is 70.4 Å². The zero-order chi connectivity index (χ0) is 15.4. The molecule has 1 aromatic carbocycles. The molecule has 0 spiro atoms. The van der Waals surface area contributed by atoms with E-state index in [1.54, 1.807) is 14.2 Å². The summed E-state index contributed by atoms with van der Waals surface area (Å²) < 4.78 is 16.2. The molecule has 0 atom stereocenters. The molecule has 1 fully saturated rings. The van der Waals surface area contributed by atoms with Crippen LogP contribution < -0.4 is 9.47 Å². The lowest BCUT2D eigenvalue weighted by atomic mass is 9.99. The summed E-state index contributed by atoms with van der Waals surface area (Å²) in [6.45, 7) is 8.25. The Morgan fingerprint density at radius 3 is 2.23 bits per heavy atom. The Hall–Kier alpha value is -1.30. The SMILES string of the molecule is COc1cc2c(cc1OC)CN(CCN1CCOCC1)CC2. The molecule has 0 amide bonds. The van der Waals surface area contributed by atoms with Crippen LogP contribution in [0.3, 0.4) is 0 Å². The normalized spacial score (nSPS) is 19.7. The summed E-state index contributed by atoms with van der Waals surface area (Å²) >= 11 is 0. The second-order valence-electron chi connectivity index (χ2n) is 5.96. The zero-order valence-corrected chi connectivity index (χ0v) is 13.6. The fraction of sp³-hybridized carbons (Fsp3) is 0.647. The van der Waals surface area contributed by atoms with E-state index >= 15 is 0 Å². The van der Waals surface area contributed by atoms with Gasteiger partial charge in [-0.1, -0.05) is 0 Å². The van der Waals surface area contributed by atoms with Crippen LogP contribution in [0.5, 0.6) is 11.5 Å². The molecule has 2 aliphatic heterocycles. The van der Waals surface area contributed by atoms with Gasteiger partial charge in [-0.25, -0.2) is 0 Å². The first-order chi connectivity index (χ1) is 10.8. The minimum Gasteiger partial charge on any atom is -0.493 e. The molecule has 0 radical (unpaired) electrons. The second kappa shape index (κ2) is 7.31. The topological polar surface area (TPSA) is 34.2 Å². The van der Waals surface area contributed by atoms with E-state index in [0.29, 0.717) is 0 Å². The van der Waals surface area contributed by atoms with Crippen molar-refractivity contribution >= 4 is 0 Å². The van der Waals surface area contributed by atoms with Gasteiger partial charge in [-0.2, -0.15) is 0 Å². The van der Waals surface area contributed by atoms with Crippen molar-refractivity contribution in [1.82, 2.24) is 9.80 Å². The molecule has 0 aliphatic carbocycles. The highest BCUT2D eigenvalue weighted by Gasteiger charge is 2.20. The van der Waals surface area contributed by atoms with Gasteiger partial charge in [0.1, 0.15) is 0 Å². The molecule has 3 rings (SSSR count). The third-order valence-corrected chi connectivity index (χ3v) is 4.63. The van der Waals surface area contributed by atoms with Crippen molar-refractivity contribution in [2.75, 3.05) is 60.2 Å². The number of hydrogen-bond acceptors (Lipinski definition) is 5. The molecule has 0 saturated carbocycles. The van der Waals surface area contributed by atoms with Gasteiger partial charge in [-0.3, -0.25) is 9.80 Å². The molecule has 5 nitrogen and oxygen atoms in total. The Kier molecular flexibility index (Phi) is 5.18. The predicted molar refractivity (Wildman–Crippen MR) is 85.8 cm³/mol. The van der Waals surface area contributed by atoms with Gasteiger partial charge in [-0.15, -0.1) is 0 Å². The lowest BCUT2D eigenvalue weighted by Gasteiger charge is -2.33. The molecule has 0 N–H and O–H groups in total. The van der Waals surface area contributed by atoms with Gasteiger partial charge in [0, 0.05) is 39.3 Å². The number of morpholine rings is 1. The number of nitrogens with zero attached hydrogens (tertiary/aromatic N) is 2. The fourth-order valence-electron chi connectivity index (χ4n) is 3.24. The maximum absolute atomic E-state index is 5.43. The molecule has 2 aliphatic rings. The Balaban J connectivity index is 1.60. The highest BCUT2D eigenvalue weighted by atomic mass is 16.5. The number of methoxy groups -OCH3 is 2. The smallest absolute Gasteiger partial charge is 0.161 e. The highest BCUT2D eigenvalue weighted by Crippen LogP contribution is 2.33. The first-order valence-electron chi connectivity index (χ1n) is 8.06. The summed E-state index contributed by atoms with van der Waals surface area (Å²) in [6.07, 6.45) is 1.08. The summed E-state index contributed by atoms with van der Waals surface area (Å²) in [5, 5.41) is 0. The van der Waals surface area contributed by atoms with Crippen LogP contribution in [0.2, 0.25) is 0 Å². The highest BCUT2D eigenvalue weighted by molar-refractivity contribution is 5.48. The Labute approximate surface area is 132 Å². The third-order valence-electron chi connectivity index (χ3n) is 4.63. The summed E-state index contributed by atoms with van der Waals surface area (Å²) in [5.41, 5.74) is 2.76. The fourth-order valence-corrected chi connectivity index (χ4v) is 3.24. The van der Waals surface area contributed by atoms with Crippen LogP contribution in [0, 0.1) is 0 Å². The first kappa shape index (κ1) is 15.6. The van der Waals surface area contributed by atoms with E-state index in [1.165, 1.54) is 11.1 Å². The van der Waals surface area contributed by atoms with Crippen molar-refractivity contribution in [3.8, 4) is 11.5 Å². The maximum Gasteiger partial charge on any atom is 0.161 e. The van der Waals surface area contributed by atoms with Gasteiger partial charge in [0.25, 0.3) is 0 Å². The number of rotatable bonds is 5. The van der Waals surface area contributed by atoms with Crippen molar-refractivity contribution < 1.29 is 14.2 Å². The molecule has 1 saturated heterocycles. The first-order valence-corrected chi connectivity index (χ1v) is 8.06. The molecule has 5 heteroatoms. The summed E-state index contributed by atoms with van der Waals surface area (Å²) in [5.74, 6) is 1.67. The van der Waals surface area contributed by atoms with E-state index in [1.807, 2.05) is 0 Å². The molecule has 2 heterocycles. The van der Waals surface area contributed by atoms with E-state index in [4.69, 9.17) is 14.2 Å². The number of benzene rings is 1. The molecule has 0 bridgehead atoms. The Bertz CT molecular complexity index is 501. The van der Waals surface area contributed by atoms with Crippen LogP contribution in [-0.4, -0.2) is 70.0 Å². The molecular weight excluding hydrogens is 280 g/mol. The van der Waals surface area contributed by atoms with Crippen LogP contribution in [0.15, 0.2) is 12.1 Å². The van der Waals surface area contributed by atoms with Gasteiger partial charge >= 0.3 is 0 Å². The minimum atomic E-state index is 0.830. The van der Waals surface area contributed by atoms with Gasteiger partial charge in [0.15, 0.2) is 11.5 Å². The van der Waals surface area contributed by atoms with Crippen LogP contribution in [0.4, 0.5) is 0 Å². The van der Waals surface area contributed by atoms with Crippen molar-refractivity contribution in [2.24, 2.45) is 0 Å². The summed E-state index contributed by atoms with van der Waals surface area (Å²) in [7, 11) is 3.39. The molecule has 122 valence electrons. The van der Waals surface area contributed by atoms with Crippen LogP contribution in [0.1, 0.15) is 11.1 Å². The molecule has 1 aromatic rings. The number of ether oxygens (including phenoxy) is 3. The maximum atomic E-state index is 5.43. The third kappa shape index (κ3) is 3.54. The Morgan fingerprint density at radius 1 is 0.909 bits per heavy atom. The largest absolute Gasteiger partial charge is 0.493 e. The molecular formula is C17H26N2O3. The standard InChI is InChI=1S/C17H26N2O3/c1-20-16-11-14-3-4-19(13-15(14)12-17(16)21-2)6-5-18-7-9-22-10-8-18/h11-12H,3-10,13H2,1-2H3. The molecule has 0 aromatic heterocycles. The van der Waals surface area contributed by atoms with Gasteiger partial charge < -0.3 is 14.2 Å². The second-order valence-corrected chi connectivity index (χ2v) is 5.96. The number of hydrogen-bond donors (Lipinski definition) is 0. The van der Waals surface area contributed by atoms with E-state index in [9.17, 15) is 0 Å². The van der Waals surface area contributed by atoms with Crippen LogP contribution in [0.25, 0.3) is 0 Å².